The molecule has 4 rings (SSSR count). The molecule has 0 amide bonds. The van der Waals surface area contributed by atoms with Gasteiger partial charge in [-0.1, -0.05) is 15.9 Å². The number of carbonyl (C=O) groups is 2. The standard InChI is InChI=1S/C12H13BrN2O2.C12H13N2O2.3CH3.Sn/c1-12(2,3)17-11(16)15-10-5-4-9(13)6-8(10)7-14-15;1-12(2,3)16-11(15)14-10-7-5-4-6-9(10)8-13-14;;;;/h4-7H,1-3H3;5-8H,1-3H3;3*1H3;. The fourth-order valence-corrected chi connectivity index (χ4v) is 7.13. The van der Waals surface area contributed by atoms with Gasteiger partial charge in [0.25, 0.3) is 0 Å². The van der Waals surface area contributed by atoms with Gasteiger partial charge in [0.2, 0.25) is 0 Å². The predicted molar refractivity (Wildman–Crippen MR) is 153 cm³/mol. The van der Waals surface area contributed by atoms with Crippen LogP contribution >= 0.6 is 15.9 Å². The zero-order valence-electron chi connectivity index (χ0n) is 22.9. The van der Waals surface area contributed by atoms with Gasteiger partial charge in [0, 0.05) is 9.86 Å². The largest absolute Gasteiger partial charge is 0.442 e. The van der Waals surface area contributed by atoms with Crippen molar-refractivity contribution < 1.29 is 19.1 Å². The van der Waals surface area contributed by atoms with Crippen molar-refractivity contribution in [1.82, 2.24) is 19.6 Å². The predicted octanol–water partition coefficient (Wildman–Crippen LogP) is 6.95. The summed E-state index contributed by atoms with van der Waals surface area (Å²) >= 11 is 1.28. The van der Waals surface area contributed by atoms with E-state index in [4.69, 9.17) is 9.47 Å². The Morgan fingerprint density at radius 1 is 0.757 bits per heavy atom. The first-order valence-corrected chi connectivity index (χ1v) is 22.8. The fraction of sp³-hybridized carbons (Fsp3) is 0.407. The molecule has 0 saturated heterocycles. The molecule has 2 aromatic heterocycles. The van der Waals surface area contributed by atoms with E-state index in [1.54, 1.807) is 12.4 Å². The van der Waals surface area contributed by atoms with Gasteiger partial charge in [0.05, 0.1) is 11.7 Å². The van der Waals surface area contributed by atoms with Gasteiger partial charge in [-0.15, -0.1) is 0 Å². The molecule has 10 heteroatoms. The molecule has 0 fully saturated rings. The van der Waals surface area contributed by atoms with Crippen molar-refractivity contribution >= 4 is 71.9 Å². The molecule has 37 heavy (non-hydrogen) atoms. The number of aromatic nitrogens is 4. The Balaban J connectivity index is 0.000000208. The average molecular weight is 678 g/mol. The maximum atomic E-state index is 12.1. The van der Waals surface area contributed by atoms with Crippen LogP contribution < -0.4 is 3.58 Å². The Morgan fingerprint density at radius 2 is 1.19 bits per heavy atom. The Kier molecular flexibility index (Phi) is 8.48. The molecule has 2 aromatic carbocycles. The smallest absolute Gasteiger partial charge is 0.435 e. The van der Waals surface area contributed by atoms with Crippen molar-refractivity contribution in [3.8, 4) is 0 Å². The van der Waals surface area contributed by atoms with Crippen LogP contribution in [0.15, 0.2) is 53.3 Å². The van der Waals surface area contributed by atoms with Crippen LogP contribution in [0.1, 0.15) is 41.5 Å². The van der Waals surface area contributed by atoms with E-state index in [0.29, 0.717) is 0 Å². The molecule has 8 nitrogen and oxygen atoms in total. The van der Waals surface area contributed by atoms with Gasteiger partial charge in [-0.3, -0.25) is 0 Å². The average Bonchev–Trinajstić information content (AvgIpc) is 3.34. The molecule has 0 unspecified atom stereocenters. The first-order chi connectivity index (χ1) is 16.9. The minimum Gasteiger partial charge on any atom is -0.442 e. The number of hydrogen-bond acceptors (Lipinski definition) is 6. The normalized spacial score (nSPS) is 12.3. The van der Waals surface area contributed by atoms with E-state index < -0.39 is 41.8 Å². The van der Waals surface area contributed by atoms with Crippen molar-refractivity contribution in [3.63, 3.8) is 0 Å². The van der Waals surface area contributed by atoms with Gasteiger partial charge >= 0.3 is 130 Å². The molecule has 0 atom stereocenters. The van der Waals surface area contributed by atoms with E-state index in [1.807, 2.05) is 65.8 Å². The number of rotatable bonds is 1. The van der Waals surface area contributed by atoms with E-state index in [0.717, 1.165) is 26.3 Å². The first kappa shape index (κ1) is 29.2. The minimum atomic E-state index is -2.09. The summed E-state index contributed by atoms with van der Waals surface area (Å²) in [5.74, 6) is 0. The number of fused-ring (bicyclic) bond motifs is 2. The van der Waals surface area contributed by atoms with Crippen molar-refractivity contribution in [2.24, 2.45) is 0 Å². The Morgan fingerprint density at radius 3 is 1.62 bits per heavy atom. The van der Waals surface area contributed by atoms with E-state index in [9.17, 15) is 9.59 Å². The summed E-state index contributed by atoms with van der Waals surface area (Å²) in [6.07, 6.45) is 2.49. The molecule has 0 aliphatic heterocycles. The molecule has 0 aliphatic rings. The Bertz CT molecular complexity index is 1440. The van der Waals surface area contributed by atoms with E-state index in [2.05, 4.69) is 53.1 Å². The summed E-state index contributed by atoms with van der Waals surface area (Å²) < 4.78 is 15.6. The third kappa shape index (κ3) is 7.80. The van der Waals surface area contributed by atoms with Crippen molar-refractivity contribution in [2.75, 3.05) is 0 Å². The van der Waals surface area contributed by atoms with E-state index >= 15 is 0 Å². The molecule has 2 heterocycles. The van der Waals surface area contributed by atoms with Crippen molar-refractivity contribution in [2.45, 2.75) is 67.6 Å². The van der Waals surface area contributed by atoms with Crippen LogP contribution in [0.3, 0.4) is 0 Å². The first-order valence-electron chi connectivity index (χ1n) is 12.0. The Hall–Kier alpha value is -2.40. The molecule has 0 N–H and O–H groups in total. The summed E-state index contributed by atoms with van der Waals surface area (Å²) in [7, 11) is 0. The van der Waals surface area contributed by atoms with Crippen LogP contribution in [0.25, 0.3) is 21.8 Å². The number of hydrogen-bond donors (Lipinski definition) is 0. The minimum absolute atomic E-state index is 0.431. The third-order valence-corrected chi connectivity index (χ3v) is 11.4. The van der Waals surface area contributed by atoms with Gasteiger partial charge in [-0.05, 0) is 39.0 Å². The molecule has 4 aromatic rings. The van der Waals surface area contributed by atoms with Gasteiger partial charge in [0.1, 0.15) is 5.60 Å². The van der Waals surface area contributed by atoms with Crippen LogP contribution in [-0.4, -0.2) is 61.3 Å². The van der Waals surface area contributed by atoms with E-state index in [1.165, 1.54) is 12.9 Å². The van der Waals surface area contributed by atoms with Crippen LogP contribution in [0, 0.1) is 0 Å². The Labute approximate surface area is 230 Å². The maximum Gasteiger partial charge on any atom is 0.435 e. The SMILES string of the molecule is CC(C)(C)OC(=O)n1ncc2c[c]([Sn]([CH3])([CH3])[CH3])ccc21.CC(C)(C)OC(=O)n1ncc2cc(Br)ccc21. The molecule has 0 aliphatic carbocycles. The second-order valence-corrected chi connectivity index (χ2v) is 27.2. The summed E-state index contributed by atoms with van der Waals surface area (Å²) in [5, 5.41) is 10.1. The molecule has 0 saturated carbocycles. The second-order valence-electron chi connectivity index (χ2n) is 11.8. The molecule has 198 valence electrons. The van der Waals surface area contributed by atoms with Crippen LogP contribution in [0.4, 0.5) is 9.59 Å². The van der Waals surface area contributed by atoms with E-state index in [-0.39, 0.29) is 0 Å². The number of carbonyl (C=O) groups excluding carboxylic acids is 2. The second kappa shape index (κ2) is 10.8. The molecule has 0 bridgehead atoms. The molecular weight excluding hydrogens is 643 g/mol. The third-order valence-electron chi connectivity index (χ3n) is 5.10. The maximum absolute atomic E-state index is 12.1. The number of ether oxygens (including phenoxy) is 2. The van der Waals surface area contributed by atoms with Crippen LogP contribution in [0.5, 0.6) is 0 Å². The zero-order chi connectivity index (χ0) is 27.8. The summed E-state index contributed by atoms with van der Waals surface area (Å²) in [4.78, 5) is 31.1. The monoisotopic (exact) mass is 678 g/mol. The van der Waals surface area contributed by atoms with Gasteiger partial charge < -0.3 is 4.74 Å². The van der Waals surface area contributed by atoms with Crippen LogP contribution in [0.2, 0.25) is 14.8 Å². The summed E-state index contributed by atoms with van der Waals surface area (Å²) in [6.45, 7) is 11.0. The van der Waals surface area contributed by atoms with Gasteiger partial charge in [-0.25, -0.2) is 4.79 Å². The number of halogens is 1. The number of benzene rings is 2. The molecule has 0 spiro atoms. The van der Waals surface area contributed by atoms with Crippen LogP contribution in [-0.2, 0) is 9.47 Å². The van der Waals surface area contributed by atoms with Gasteiger partial charge in [0.15, 0.2) is 0 Å². The molecule has 0 radical (unpaired) electrons. The van der Waals surface area contributed by atoms with Crippen molar-refractivity contribution in [1.29, 1.82) is 0 Å². The summed E-state index contributed by atoms with van der Waals surface area (Å²) in [6, 6.07) is 11.9. The summed E-state index contributed by atoms with van der Waals surface area (Å²) in [5.41, 5.74) is 0.503. The van der Waals surface area contributed by atoms with Gasteiger partial charge in [-0.2, -0.15) is 9.78 Å². The quantitative estimate of drug-likeness (QED) is 0.203. The zero-order valence-corrected chi connectivity index (χ0v) is 27.4. The molecular formula is C27H35BrN4O4Sn. The topological polar surface area (TPSA) is 88.2 Å². The number of nitrogens with zero attached hydrogens (tertiary/aromatic N) is 4. The van der Waals surface area contributed by atoms with Crippen molar-refractivity contribution in [3.05, 3.63) is 53.3 Å². The fourth-order valence-electron chi connectivity index (χ4n) is 3.40.